The zero-order valence-electron chi connectivity index (χ0n) is 21.9. The van der Waals surface area contributed by atoms with Crippen molar-refractivity contribution in [1.82, 2.24) is 5.32 Å². The summed E-state index contributed by atoms with van der Waals surface area (Å²) < 4.78 is 40.1. The highest BCUT2D eigenvalue weighted by Crippen LogP contribution is 2.37. The van der Waals surface area contributed by atoms with Gasteiger partial charge in [-0.05, 0) is 64.7 Å². The van der Waals surface area contributed by atoms with E-state index in [4.69, 9.17) is 18.8 Å². The van der Waals surface area contributed by atoms with Gasteiger partial charge in [0.2, 0.25) is 5.91 Å². The van der Waals surface area contributed by atoms with Crippen LogP contribution < -0.4 is 5.32 Å². The van der Waals surface area contributed by atoms with Crippen LogP contribution in [0, 0.1) is 22.7 Å². The van der Waals surface area contributed by atoms with Gasteiger partial charge >= 0.3 is 11.9 Å². The number of amides is 1. The van der Waals surface area contributed by atoms with Gasteiger partial charge in [0.1, 0.15) is 13.3 Å². The lowest BCUT2D eigenvalue weighted by Gasteiger charge is -2.33. The molecule has 11 heteroatoms. The minimum atomic E-state index is -3.80. The van der Waals surface area contributed by atoms with E-state index < -0.39 is 56.7 Å². The van der Waals surface area contributed by atoms with Crippen molar-refractivity contribution >= 4 is 28.0 Å². The van der Waals surface area contributed by atoms with Crippen molar-refractivity contribution in [1.29, 1.82) is 0 Å². The molecule has 0 spiro atoms. The summed E-state index contributed by atoms with van der Waals surface area (Å²) in [4.78, 5) is 38.0. The maximum atomic E-state index is 13.1. The fourth-order valence-electron chi connectivity index (χ4n) is 4.42. The molecule has 35 heavy (non-hydrogen) atoms. The van der Waals surface area contributed by atoms with Crippen molar-refractivity contribution in [3.8, 4) is 0 Å². The smallest absolute Gasteiger partial charge is 0.311 e. The van der Waals surface area contributed by atoms with Crippen LogP contribution in [-0.2, 0) is 38.2 Å². The number of carbonyl (C=O) groups excluding carboxylic acids is 3. The summed E-state index contributed by atoms with van der Waals surface area (Å²) in [5.74, 6) is -1.94. The largest absolute Gasteiger partial charge is 0.469 e. The second kappa shape index (κ2) is 13.5. The Morgan fingerprint density at radius 1 is 1.09 bits per heavy atom. The van der Waals surface area contributed by atoms with Crippen molar-refractivity contribution in [3.05, 3.63) is 0 Å². The third-order valence-corrected chi connectivity index (χ3v) is 8.75. The molecule has 204 valence electrons. The first kappa shape index (κ1) is 31.3. The predicted molar refractivity (Wildman–Crippen MR) is 129 cm³/mol. The SMILES string of the molecule is CCC(C)(CC(CC(C)(C)C(=O)OC)C(=O)OCCO)C(=O)NCOS(=O)(=O)C1CCC(C)CC1. The van der Waals surface area contributed by atoms with Crippen LogP contribution in [0.2, 0.25) is 0 Å². The molecule has 1 rings (SSSR count). The van der Waals surface area contributed by atoms with Crippen molar-refractivity contribution in [2.24, 2.45) is 22.7 Å². The summed E-state index contributed by atoms with van der Waals surface area (Å²) in [5.41, 5.74) is -2.08. The number of rotatable bonds is 14. The minimum Gasteiger partial charge on any atom is -0.469 e. The maximum Gasteiger partial charge on any atom is 0.311 e. The van der Waals surface area contributed by atoms with Crippen LogP contribution >= 0.6 is 0 Å². The predicted octanol–water partition coefficient (Wildman–Crippen LogP) is 2.53. The summed E-state index contributed by atoms with van der Waals surface area (Å²) in [6, 6.07) is 0. The molecule has 0 bridgehead atoms. The molecule has 0 saturated heterocycles. The van der Waals surface area contributed by atoms with Gasteiger partial charge in [-0.2, -0.15) is 8.42 Å². The molecule has 0 heterocycles. The lowest BCUT2D eigenvalue weighted by molar-refractivity contribution is -0.157. The number of aliphatic hydroxyl groups is 1. The van der Waals surface area contributed by atoms with Gasteiger partial charge in [0.25, 0.3) is 10.1 Å². The number of ether oxygens (including phenoxy) is 2. The number of nitrogens with one attached hydrogen (secondary N) is 1. The number of carbonyl (C=O) groups is 3. The van der Waals surface area contributed by atoms with Crippen LogP contribution in [-0.4, -0.2) is 63.7 Å². The fraction of sp³-hybridized carbons (Fsp3) is 0.875. The van der Waals surface area contributed by atoms with E-state index >= 15 is 0 Å². The zero-order valence-corrected chi connectivity index (χ0v) is 22.7. The molecule has 0 aromatic heterocycles. The highest BCUT2D eigenvalue weighted by atomic mass is 32.2. The normalized spacial score (nSPS) is 21.5. The first-order chi connectivity index (χ1) is 16.2. The molecule has 0 aromatic carbocycles. The third-order valence-electron chi connectivity index (χ3n) is 7.02. The van der Waals surface area contributed by atoms with E-state index in [1.165, 1.54) is 7.11 Å². The van der Waals surface area contributed by atoms with Crippen molar-refractivity contribution < 1.29 is 41.6 Å². The van der Waals surface area contributed by atoms with Crippen LogP contribution in [0.1, 0.15) is 79.6 Å². The first-order valence-electron chi connectivity index (χ1n) is 12.2. The molecular weight excluding hydrogens is 478 g/mol. The molecule has 0 aromatic rings. The van der Waals surface area contributed by atoms with Gasteiger partial charge in [-0.3, -0.25) is 14.4 Å². The second-order valence-electron chi connectivity index (χ2n) is 10.4. The maximum absolute atomic E-state index is 13.1. The molecule has 2 atom stereocenters. The van der Waals surface area contributed by atoms with Gasteiger partial charge < -0.3 is 19.9 Å². The van der Waals surface area contributed by atoms with Crippen molar-refractivity contribution in [2.75, 3.05) is 27.1 Å². The topological polar surface area (TPSA) is 145 Å². The Kier molecular flexibility index (Phi) is 12.1. The summed E-state index contributed by atoms with van der Waals surface area (Å²) in [7, 11) is -2.54. The van der Waals surface area contributed by atoms with Crippen LogP contribution in [0.3, 0.4) is 0 Å². The Hall–Kier alpha value is -1.72. The highest BCUT2D eigenvalue weighted by molar-refractivity contribution is 7.87. The monoisotopic (exact) mass is 521 g/mol. The Morgan fingerprint density at radius 3 is 2.20 bits per heavy atom. The Balaban J connectivity index is 2.88. The highest BCUT2D eigenvalue weighted by Gasteiger charge is 2.42. The van der Waals surface area contributed by atoms with Gasteiger partial charge in [-0.25, -0.2) is 4.18 Å². The van der Waals surface area contributed by atoms with E-state index in [9.17, 15) is 22.8 Å². The van der Waals surface area contributed by atoms with E-state index in [1.807, 2.05) is 0 Å². The van der Waals surface area contributed by atoms with Gasteiger partial charge in [0, 0.05) is 5.41 Å². The molecule has 10 nitrogen and oxygen atoms in total. The molecule has 2 N–H and O–H groups in total. The number of esters is 2. The standard InChI is InChI=1S/C24H43NO9S/c1-7-24(5,15-18(20(27)33-13-12-26)14-23(3,4)22(29)32-6)21(28)25-16-34-35(30,31)19-10-8-17(2)9-11-19/h17-19,26H,7-16H2,1-6H3,(H,25,28). The minimum absolute atomic E-state index is 0.0489. The van der Waals surface area contributed by atoms with Gasteiger partial charge in [-0.15, -0.1) is 0 Å². The number of hydrogen-bond donors (Lipinski definition) is 2. The molecule has 2 unspecified atom stereocenters. The second-order valence-corrected chi connectivity index (χ2v) is 12.3. The number of methoxy groups -OCH3 is 1. The first-order valence-corrected chi connectivity index (χ1v) is 13.7. The molecule has 0 aliphatic heterocycles. The quantitative estimate of drug-likeness (QED) is 0.200. The summed E-state index contributed by atoms with van der Waals surface area (Å²) >= 11 is 0. The molecule has 1 aliphatic rings. The van der Waals surface area contributed by atoms with E-state index in [2.05, 4.69) is 12.2 Å². The summed E-state index contributed by atoms with van der Waals surface area (Å²) in [5, 5.41) is 11.0. The van der Waals surface area contributed by atoms with E-state index in [1.54, 1.807) is 27.7 Å². The average Bonchev–Trinajstić information content (AvgIpc) is 2.81. The number of hydrogen-bond acceptors (Lipinski definition) is 9. The van der Waals surface area contributed by atoms with E-state index in [0.29, 0.717) is 25.2 Å². The van der Waals surface area contributed by atoms with Gasteiger partial charge in [0.05, 0.1) is 30.3 Å². The van der Waals surface area contributed by atoms with Crippen LogP contribution in [0.15, 0.2) is 0 Å². The molecule has 1 amide bonds. The van der Waals surface area contributed by atoms with Crippen LogP contribution in [0.5, 0.6) is 0 Å². The Morgan fingerprint density at radius 2 is 1.69 bits per heavy atom. The molecule has 1 saturated carbocycles. The summed E-state index contributed by atoms with van der Waals surface area (Å²) in [6.07, 6.45) is 3.18. The van der Waals surface area contributed by atoms with Gasteiger partial charge in [0.15, 0.2) is 0 Å². The Labute approximate surface area is 209 Å². The molecule has 1 aliphatic carbocycles. The number of aliphatic hydroxyl groups excluding tert-OH is 1. The Bertz CT molecular complexity index is 819. The lowest BCUT2D eigenvalue weighted by atomic mass is 9.72. The van der Waals surface area contributed by atoms with E-state index in [-0.39, 0.29) is 26.1 Å². The molecular formula is C24H43NO9S. The van der Waals surface area contributed by atoms with Crippen LogP contribution in [0.4, 0.5) is 0 Å². The molecule has 1 fully saturated rings. The zero-order chi connectivity index (χ0) is 26.9. The van der Waals surface area contributed by atoms with Gasteiger partial charge in [-0.1, -0.05) is 20.8 Å². The van der Waals surface area contributed by atoms with Crippen molar-refractivity contribution in [2.45, 2.75) is 84.8 Å². The third kappa shape index (κ3) is 9.34. The lowest BCUT2D eigenvalue weighted by Crippen LogP contribution is -2.44. The average molecular weight is 522 g/mol. The fourth-order valence-corrected chi connectivity index (χ4v) is 5.69. The van der Waals surface area contributed by atoms with E-state index in [0.717, 1.165) is 12.8 Å². The molecule has 0 radical (unpaired) electrons. The summed E-state index contributed by atoms with van der Waals surface area (Å²) in [6.45, 7) is 7.77. The van der Waals surface area contributed by atoms with Crippen molar-refractivity contribution in [3.63, 3.8) is 0 Å². The van der Waals surface area contributed by atoms with Crippen LogP contribution in [0.25, 0.3) is 0 Å².